The topological polar surface area (TPSA) is 72.9 Å². The van der Waals surface area contributed by atoms with Crippen molar-refractivity contribution < 1.29 is 9.18 Å². The van der Waals surface area contributed by atoms with Crippen LogP contribution in [-0.4, -0.2) is 27.8 Å². The van der Waals surface area contributed by atoms with Crippen LogP contribution in [-0.2, 0) is 12.8 Å². The lowest BCUT2D eigenvalue weighted by molar-refractivity contribution is 0.0915. The molecule has 0 aliphatic heterocycles. The van der Waals surface area contributed by atoms with Crippen LogP contribution in [0.25, 0.3) is 5.69 Å². The van der Waals surface area contributed by atoms with Gasteiger partial charge in [-0.2, -0.15) is 5.10 Å². The van der Waals surface area contributed by atoms with Gasteiger partial charge in [0.2, 0.25) is 0 Å². The highest BCUT2D eigenvalue weighted by Crippen LogP contribution is 2.29. The summed E-state index contributed by atoms with van der Waals surface area (Å²) < 4.78 is 15.8. The Kier molecular flexibility index (Phi) is 5.63. The Balaban J connectivity index is 0.00000196. The normalized spacial score (nSPS) is 21.8. The van der Waals surface area contributed by atoms with Gasteiger partial charge in [0.05, 0.1) is 0 Å². The highest BCUT2D eigenvalue weighted by molar-refractivity contribution is 5.94. The lowest BCUT2D eigenvalue weighted by Gasteiger charge is -2.29. The van der Waals surface area contributed by atoms with Crippen LogP contribution in [0.3, 0.4) is 0 Å². The second-order valence-corrected chi connectivity index (χ2v) is 7.02. The number of benzene rings is 1. The van der Waals surface area contributed by atoms with Gasteiger partial charge in [-0.15, -0.1) is 12.4 Å². The van der Waals surface area contributed by atoms with Crippen molar-refractivity contribution in [3.05, 3.63) is 47.0 Å². The lowest BCUT2D eigenvalue weighted by atomic mass is 9.91. The molecule has 1 aromatic heterocycles. The fourth-order valence-electron chi connectivity index (χ4n) is 4.02. The van der Waals surface area contributed by atoms with Gasteiger partial charge in [-0.25, -0.2) is 9.07 Å². The Morgan fingerprint density at radius 3 is 2.73 bits per heavy atom. The molecule has 2 aliphatic carbocycles. The molecule has 0 radical (unpaired) electrons. The Morgan fingerprint density at radius 2 is 1.96 bits per heavy atom. The second-order valence-electron chi connectivity index (χ2n) is 7.02. The van der Waals surface area contributed by atoms with Gasteiger partial charge in [-0.3, -0.25) is 4.79 Å². The Labute approximate surface area is 158 Å². The van der Waals surface area contributed by atoms with Crippen LogP contribution in [0.2, 0.25) is 0 Å². The van der Waals surface area contributed by atoms with Crippen molar-refractivity contribution in [1.29, 1.82) is 0 Å². The molecule has 0 bridgehead atoms. The van der Waals surface area contributed by atoms with Crippen molar-refractivity contribution >= 4 is 18.3 Å². The maximum atomic E-state index is 14.2. The van der Waals surface area contributed by atoms with E-state index in [2.05, 4.69) is 10.4 Å². The summed E-state index contributed by atoms with van der Waals surface area (Å²) in [7, 11) is 0. The lowest BCUT2D eigenvalue weighted by Crippen LogP contribution is -2.49. The summed E-state index contributed by atoms with van der Waals surface area (Å²) in [5, 5.41) is 7.54. The van der Waals surface area contributed by atoms with Gasteiger partial charge < -0.3 is 11.1 Å². The minimum atomic E-state index is -0.332. The highest BCUT2D eigenvalue weighted by Gasteiger charge is 2.30. The Morgan fingerprint density at radius 1 is 1.19 bits per heavy atom. The molecule has 4 rings (SSSR count). The number of rotatable bonds is 3. The van der Waals surface area contributed by atoms with E-state index in [1.54, 1.807) is 22.9 Å². The van der Waals surface area contributed by atoms with Gasteiger partial charge in [-0.1, -0.05) is 25.0 Å². The van der Waals surface area contributed by atoms with Crippen LogP contribution < -0.4 is 11.1 Å². The monoisotopic (exact) mass is 378 g/mol. The number of fused-ring (bicyclic) bond motifs is 1. The molecular weight excluding hydrogens is 355 g/mol. The van der Waals surface area contributed by atoms with E-state index in [1.807, 2.05) is 0 Å². The molecule has 1 aromatic carbocycles. The van der Waals surface area contributed by atoms with Crippen LogP contribution in [0, 0.1) is 5.82 Å². The molecule has 5 nitrogen and oxygen atoms in total. The molecule has 140 valence electrons. The van der Waals surface area contributed by atoms with Gasteiger partial charge in [0, 0.05) is 23.3 Å². The maximum Gasteiger partial charge on any atom is 0.272 e. The summed E-state index contributed by atoms with van der Waals surface area (Å²) in [6.07, 6.45) is 6.63. The second kappa shape index (κ2) is 7.76. The third kappa shape index (κ3) is 3.35. The molecule has 26 heavy (non-hydrogen) atoms. The number of para-hydroxylation sites is 1. The average Bonchev–Trinajstić information content (AvgIpc) is 3.20. The number of nitrogens with zero attached hydrogens (tertiary/aromatic N) is 2. The third-order valence-electron chi connectivity index (χ3n) is 5.36. The van der Waals surface area contributed by atoms with E-state index < -0.39 is 0 Å². The van der Waals surface area contributed by atoms with Crippen LogP contribution in [0.1, 0.15) is 53.8 Å². The molecule has 3 N–H and O–H groups in total. The van der Waals surface area contributed by atoms with Gasteiger partial charge in [0.25, 0.3) is 5.91 Å². The maximum absolute atomic E-state index is 14.2. The number of aromatic nitrogens is 2. The molecule has 1 saturated carbocycles. The van der Waals surface area contributed by atoms with Gasteiger partial charge >= 0.3 is 0 Å². The SMILES string of the molecule is Cl.N[C@@H]1CCCC[C@H]1NC(=O)c1nn(-c2ccccc2F)c2c1CCC2. The summed E-state index contributed by atoms with van der Waals surface area (Å²) in [6.45, 7) is 0. The third-order valence-corrected chi connectivity index (χ3v) is 5.36. The van der Waals surface area contributed by atoms with E-state index in [0.717, 1.165) is 56.2 Å². The van der Waals surface area contributed by atoms with E-state index in [9.17, 15) is 9.18 Å². The first kappa shape index (κ1) is 18.9. The molecule has 1 heterocycles. The molecule has 0 saturated heterocycles. The summed E-state index contributed by atoms with van der Waals surface area (Å²) in [6, 6.07) is 6.54. The van der Waals surface area contributed by atoms with Crippen LogP contribution in [0.15, 0.2) is 24.3 Å². The van der Waals surface area contributed by atoms with Gasteiger partial charge in [0.1, 0.15) is 11.5 Å². The largest absolute Gasteiger partial charge is 0.346 e. The number of halogens is 2. The number of carbonyl (C=O) groups is 1. The fourth-order valence-corrected chi connectivity index (χ4v) is 4.02. The molecule has 0 spiro atoms. The number of nitrogens with two attached hydrogens (primary N) is 1. The molecule has 0 unspecified atom stereocenters. The molecule has 1 amide bonds. The highest BCUT2D eigenvalue weighted by atomic mass is 35.5. The summed E-state index contributed by atoms with van der Waals surface area (Å²) >= 11 is 0. The van der Waals surface area contributed by atoms with Crippen LogP contribution in [0.4, 0.5) is 4.39 Å². The standard InChI is InChI=1S/C19H23FN4O.ClH/c20-13-7-1-4-10-17(13)24-16-11-5-6-12(16)18(23-24)19(25)22-15-9-3-2-8-14(15)21;/h1,4,7,10,14-15H,2-3,5-6,8-9,11,21H2,(H,22,25);1H/t14-,15-;/m1./s1. The quantitative estimate of drug-likeness (QED) is 0.862. The zero-order valence-electron chi connectivity index (χ0n) is 14.6. The fraction of sp³-hybridized carbons (Fsp3) is 0.474. The van der Waals surface area contributed by atoms with Gasteiger partial charge in [-0.05, 0) is 44.2 Å². The van der Waals surface area contributed by atoms with Crippen molar-refractivity contribution in [2.45, 2.75) is 57.0 Å². The zero-order valence-corrected chi connectivity index (χ0v) is 15.4. The predicted octanol–water partition coefficient (Wildman–Crippen LogP) is 2.92. The van der Waals surface area contributed by atoms with Crippen molar-refractivity contribution in [3.8, 4) is 5.69 Å². The van der Waals surface area contributed by atoms with Crippen molar-refractivity contribution in [3.63, 3.8) is 0 Å². The first-order chi connectivity index (χ1) is 12.1. The molecule has 2 aliphatic rings. The zero-order chi connectivity index (χ0) is 17.4. The molecule has 2 aromatic rings. The molecular formula is C19H24ClFN4O. The van der Waals surface area contributed by atoms with Crippen LogP contribution in [0.5, 0.6) is 0 Å². The molecule has 7 heteroatoms. The number of nitrogens with one attached hydrogen (secondary N) is 1. The number of hydrogen-bond donors (Lipinski definition) is 2. The Bertz CT molecular complexity index is 807. The van der Waals surface area contributed by atoms with Crippen LogP contribution >= 0.6 is 12.4 Å². The molecule has 2 atom stereocenters. The Hall–Kier alpha value is -1.92. The number of hydrogen-bond acceptors (Lipinski definition) is 3. The van der Waals surface area contributed by atoms with E-state index in [4.69, 9.17) is 5.73 Å². The summed E-state index contributed by atoms with van der Waals surface area (Å²) in [4.78, 5) is 12.8. The predicted molar refractivity (Wildman–Crippen MR) is 100 cm³/mol. The first-order valence-electron chi connectivity index (χ1n) is 9.07. The summed E-state index contributed by atoms with van der Waals surface area (Å²) in [5.74, 6) is -0.517. The minimum Gasteiger partial charge on any atom is -0.346 e. The minimum absolute atomic E-state index is 0. The van der Waals surface area contributed by atoms with E-state index in [1.165, 1.54) is 6.07 Å². The van der Waals surface area contributed by atoms with Crippen molar-refractivity contribution in [2.75, 3.05) is 0 Å². The van der Waals surface area contributed by atoms with E-state index in [-0.39, 0.29) is 36.2 Å². The van der Waals surface area contributed by atoms with E-state index >= 15 is 0 Å². The summed E-state index contributed by atoms with van der Waals surface area (Å²) in [5.41, 5.74) is 8.86. The van der Waals surface area contributed by atoms with Crippen molar-refractivity contribution in [1.82, 2.24) is 15.1 Å². The van der Waals surface area contributed by atoms with Gasteiger partial charge in [0.15, 0.2) is 5.69 Å². The molecule has 1 fully saturated rings. The van der Waals surface area contributed by atoms with Crippen molar-refractivity contribution in [2.24, 2.45) is 5.73 Å². The average molecular weight is 379 g/mol. The number of amides is 1. The van der Waals surface area contributed by atoms with E-state index in [0.29, 0.717) is 11.4 Å². The smallest absolute Gasteiger partial charge is 0.272 e. The number of carbonyl (C=O) groups excluding carboxylic acids is 1. The first-order valence-corrected chi connectivity index (χ1v) is 9.07.